The number of unbranched alkanes of at least 4 members (excludes halogenated alkanes) is 3. The van der Waals surface area contributed by atoms with Gasteiger partial charge < -0.3 is 5.32 Å². The summed E-state index contributed by atoms with van der Waals surface area (Å²) in [6, 6.07) is 0. The lowest BCUT2D eigenvalue weighted by molar-refractivity contribution is 0.834. The van der Waals surface area contributed by atoms with Crippen LogP contribution in [0, 0.1) is 0 Å². The first-order valence-electron chi connectivity index (χ1n) is 8.94. The van der Waals surface area contributed by atoms with E-state index < -0.39 is 7.26 Å². The first-order valence-corrected chi connectivity index (χ1v) is 11.5. The second kappa shape index (κ2) is 13.9. The van der Waals surface area contributed by atoms with E-state index >= 15 is 0 Å². The van der Waals surface area contributed by atoms with Gasteiger partial charge in [-0.15, -0.1) is 5.10 Å². The third-order valence-electron chi connectivity index (χ3n) is 4.20. The number of tetrazole rings is 1. The van der Waals surface area contributed by atoms with Gasteiger partial charge in [-0.3, -0.25) is 0 Å². The quantitative estimate of drug-likeness (QED) is 0.579. The second-order valence-electron chi connectivity index (χ2n) is 5.87. The summed E-state index contributed by atoms with van der Waals surface area (Å²) < 4.78 is 0. The molecule has 0 aliphatic heterocycles. The zero-order valence-corrected chi connectivity index (χ0v) is 16.3. The average Bonchev–Trinajstić information content (AvgIpc) is 3.09. The largest absolute Gasteiger partial charge is 0.355 e. The molecule has 0 bridgehead atoms. The summed E-state index contributed by atoms with van der Waals surface area (Å²) >= 11 is 0. The summed E-state index contributed by atoms with van der Waals surface area (Å²) in [4.78, 5) is 0. The van der Waals surface area contributed by atoms with Crippen LogP contribution < -0.4 is 5.32 Å². The Labute approximate surface area is 137 Å². The van der Waals surface area contributed by atoms with Gasteiger partial charge >= 0.3 is 0 Å². The van der Waals surface area contributed by atoms with Crippen molar-refractivity contribution in [3.63, 3.8) is 0 Å². The van der Waals surface area contributed by atoms with Crippen molar-refractivity contribution in [1.29, 1.82) is 0 Å². The molecule has 1 aromatic rings. The Bertz CT molecular complexity index is 308. The highest BCUT2D eigenvalue weighted by molar-refractivity contribution is 7.75. The number of nitrogens with zero attached hydrogens (tertiary/aromatic N) is 3. The van der Waals surface area contributed by atoms with Gasteiger partial charge in [0, 0.05) is 14.3 Å². The molecule has 1 aromatic heterocycles. The van der Waals surface area contributed by atoms with Crippen molar-refractivity contribution < 1.29 is 0 Å². The van der Waals surface area contributed by atoms with Gasteiger partial charge in [0.1, 0.15) is 0 Å². The van der Waals surface area contributed by atoms with Crippen molar-refractivity contribution in [1.82, 2.24) is 20.6 Å². The molecule has 0 radical (unpaired) electrons. The van der Waals surface area contributed by atoms with Crippen molar-refractivity contribution in [2.24, 2.45) is 0 Å². The number of anilines is 1. The van der Waals surface area contributed by atoms with Gasteiger partial charge in [0.15, 0.2) is 0 Å². The Kier molecular flexibility index (Phi) is 13.5. The molecule has 0 aliphatic rings. The maximum Gasteiger partial charge on any atom is 0.262 e. The Hall–Kier alpha value is -0.700. The third kappa shape index (κ3) is 9.34. The third-order valence-corrected chi connectivity index (χ3v) is 9.33. The Morgan fingerprint density at radius 3 is 1.64 bits per heavy atom. The van der Waals surface area contributed by atoms with E-state index in [0.29, 0.717) is 5.95 Å². The summed E-state index contributed by atoms with van der Waals surface area (Å²) in [7, 11) is 1.20. The molecule has 2 N–H and O–H groups in total. The summed E-state index contributed by atoms with van der Waals surface area (Å²) in [5.74, 6) is 0.514. The standard InChI is InChI=1S/C14H32P.C2H5N5/c1-5-9-12-15(8-4,13-10-6-2)14-11-7-3;1-3-2-4-6-7-5-2/h5-14H2,1-4H3;1H3,(H2,3,4,5,6,7)/q+1;. The van der Waals surface area contributed by atoms with Crippen LogP contribution in [0.15, 0.2) is 0 Å². The first-order chi connectivity index (χ1) is 10.7. The summed E-state index contributed by atoms with van der Waals surface area (Å²) in [5.41, 5.74) is 0. The molecule has 0 saturated carbocycles. The van der Waals surface area contributed by atoms with Crippen molar-refractivity contribution in [2.45, 2.75) is 66.2 Å². The van der Waals surface area contributed by atoms with E-state index in [2.05, 4.69) is 53.6 Å². The molecular formula is C16H37N5P+. The average molecular weight is 330 g/mol. The number of aromatic nitrogens is 4. The van der Waals surface area contributed by atoms with E-state index in [1.165, 1.54) is 44.7 Å². The topological polar surface area (TPSA) is 66.5 Å². The summed E-state index contributed by atoms with van der Waals surface area (Å²) in [6.45, 7) is 9.46. The minimum Gasteiger partial charge on any atom is -0.355 e. The van der Waals surface area contributed by atoms with Crippen molar-refractivity contribution in [2.75, 3.05) is 37.0 Å². The van der Waals surface area contributed by atoms with E-state index in [4.69, 9.17) is 0 Å². The van der Waals surface area contributed by atoms with E-state index in [1.54, 1.807) is 25.5 Å². The molecule has 5 nitrogen and oxygen atoms in total. The SMILES string of the molecule is CCCC[P+](CC)(CCCC)CCCC.CNc1nn[nH]n1. The predicted molar refractivity (Wildman–Crippen MR) is 101 cm³/mol. The smallest absolute Gasteiger partial charge is 0.262 e. The maximum atomic E-state index is 3.58. The van der Waals surface area contributed by atoms with Crippen LogP contribution in [-0.4, -0.2) is 52.3 Å². The number of H-pyrrole nitrogens is 1. The van der Waals surface area contributed by atoms with Gasteiger partial charge in [0.2, 0.25) is 0 Å². The van der Waals surface area contributed by atoms with E-state index in [1.807, 2.05) is 0 Å². The molecule has 130 valence electrons. The van der Waals surface area contributed by atoms with Crippen LogP contribution in [0.3, 0.4) is 0 Å². The predicted octanol–water partition coefficient (Wildman–Crippen LogP) is 4.67. The van der Waals surface area contributed by atoms with E-state index in [0.717, 1.165) is 0 Å². The minimum absolute atomic E-state index is 0.514. The van der Waals surface area contributed by atoms with Crippen molar-refractivity contribution in [3.8, 4) is 0 Å². The molecular weight excluding hydrogens is 293 g/mol. The number of hydrogen-bond donors (Lipinski definition) is 2. The zero-order valence-electron chi connectivity index (χ0n) is 15.4. The minimum atomic E-state index is -0.527. The van der Waals surface area contributed by atoms with Crippen LogP contribution in [0.4, 0.5) is 5.95 Å². The van der Waals surface area contributed by atoms with Crippen LogP contribution in [0.25, 0.3) is 0 Å². The molecule has 0 amide bonds. The lowest BCUT2D eigenvalue weighted by Gasteiger charge is -2.26. The van der Waals surface area contributed by atoms with E-state index in [9.17, 15) is 0 Å². The molecule has 0 fully saturated rings. The highest BCUT2D eigenvalue weighted by Crippen LogP contribution is 2.60. The fourth-order valence-electron chi connectivity index (χ4n) is 2.56. The van der Waals surface area contributed by atoms with Gasteiger partial charge in [-0.1, -0.05) is 45.1 Å². The van der Waals surface area contributed by atoms with Gasteiger partial charge in [-0.25, -0.2) is 0 Å². The van der Waals surface area contributed by atoms with Crippen molar-refractivity contribution >= 4 is 13.2 Å². The number of hydrogen-bond acceptors (Lipinski definition) is 4. The molecule has 6 heteroatoms. The Morgan fingerprint density at radius 1 is 0.909 bits per heavy atom. The number of nitrogens with one attached hydrogen (secondary N) is 2. The maximum absolute atomic E-state index is 3.58. The molecule has 1 rings (SSSR count). The normalized spacial score (nSPS) is 11.0. The Balaban J connectivity index is 0.000000518. The molecule has 1 heterocycles. The van der Waals surface area contributed by atoms with Crippen molar-refractivity contribution in [3.05, 3.63) is 0 Å². The lowest BCUT2D eigenvalue weighted by atomic mass is 10.4. The monoisotopic (exact) mass is 330 g/mol. The molecule has 0 atom stereocenters. The molecule has 0 aliphatic carbocycles. The van der Waals surface area contributed by atoms with Crippen LogP contribution in [0.1, 0.15) is 66.2 Å². The summed E-state index contributed by atoms with van der Waals surface area (Å²) in [5, 5.41) is 15.4. The molecule has 0 aromatic carbocycles. The van der Waals surface area contributed by atoms with Crippen LogP contribution in [0.5, 0.6) is 0 Å². The highest BCUT2D eigenvalue weighted by Gasteiger charge is 2.32. The van der Waals surface area contributed by atoms with Crippen LogP contribution in [-0.2, 0) is 0 Å². The van der Waals surface area contributed by atoms with E-state index in [-0.39, 0.29) is 0 Å². The van der Waals surface area contributed by atoms with Gasteiger partial charge in [-0.2, -0.15) is 5.21 Å². The number of rotatable bonds is 11. The number of aromatic amines is 1. The van der Waals surface area contributed by atoms with Gasteiger partial charge in [0.05, 0.1) is 24.6 Å². The first kappa shape index (κ1) is 21.3. The fourth-order valence-corrected chi connectivity index (χ4v) is 7.14. The van der Waals surface area contributed by atoms with Crippen LogP contribution in [0.2, 0.25) is 0 Å². The van der Waals surface area contributed by atoms with Gasteiger partial charge in [0.25, 0.3) is 5.95 Å². The lowest BCUT2D eigenvalue weighted by Crippen LogP contribution is -2.11. The zero-order chi connectivity index (χ0) is 16.7. The summed E-state index contributed by atoms with van der Waals surface area (Å²) in [6.07, 6.45) is 14.9. The van der Waals surface area contributed by atoms with Crippen LogP contribution >= 0.6 is 7.26 Å². The molecule has 0 saturated heterocycles. The van der Waals surface area contributed by atoms with Gasteiger partial charge in [-0.05, 0) is 31.4 Å². The highest BCUT2D eigenvalue weighted by atomic mass is 31.2. The second-order valence-corrected chi connectivity index (χ2v) is 10.5. The molecule has 0 unspecified atom stereocenters. The Morgan fingerprint density at radius 2 is 1.41 bits per heavy atom. The fraction of sp³-hybridized carbons (Fsp3) is 0.938. The molecule has 22 heavy (non-hydrogen) atoms. The molecule has 0 spiro atoms.